The molecule has 0 amide bonds. The molecule has 1 aliphatic heterocycles. The molecule has 9 nitrogen and oxygen atoms in total. The quantitative estimate of drug-likeness (QED) is 0.584. The van der Waals surface area contributed by atoms with Gasteiger partial charge in [0.15, 0.2) is 17.0 Å². The van der Waals surface area contributed by atoms with Crippen LogP contribution in [0.15, 0.2) is 17.6 Å². The SMILES string of the molecule is CCN(/C=N/c1ncnc2c1ncn2[C@H]1C[C@H](O)[C@@H](CO)O1)CC. The summed E-state index contributed by atoms with van der Waals surface area (Å²) in [7, 11) is 0. The van der Waals surface area contributed by atoms with E-state index >= 15 is 0 Å². The van der Waals surface area contributed by atoms with E-state index in [0.717, 1.165) is 13.1 Å². The molecule has 1 fully saturated rings. The molecule has 0 aliphatic carbocycles. The molecule has 1 saturated heterocycles. The Bertz CT molecular complexity index is 714. The summed E-state index contributed by atoms with van der Waals surface area (Å²) < 4.78 is 7.41. The Labute approximate surface area is 139 Å². The highest BCUT2D eigenvalue weighted by Crippen LogP contribution is 2.31. The van der Waals surface area contributed by atoms with Crippen LogP contribution in [0.5, 0.6) is 0 Å². The normalized spacial score (nSPS) is 24.2. The van der Waals surface area contributed by atoms with E-state index in [1.54, 1.807) is 17.2 Å². The van der Waals surface area contributed by atoms with Crippen LogP contribution < -0.4 is 0 Å². The van der Waals surface area contributed by atoms with Crippen molar-refractivity contribution < 1.29 is 14.9 Å². The number of fused-ring (bicyclic) bond motifs is 1. The Morgan fingerprint density at radius 1 is 1.38 bits per heavy atom. The largest absolute Gasteiger partial charge is 0.394 e. The molecule has 1 aliphatic rings. The third kappa shape index (κ3) is 3.10. The lowest BCUT2D eigenvalue weighted by atomic mass is 10.2. The molecule has 130 valence electrons. The van der Waals surface area contributed by atoms with Crippen molar-refractivity contribution in [3.05, 3.63) is 12.7 Å². The summed E-state index contributed by atoms with van der Waals surface area (Å²) in [5.74, 6) is 0.489. The second-order valence-electron chi connectivity index (χ2n) is 5.60. The zero-order chi connectivity index (χ0) is 17.1. The minimum Gasteiger partial charge on any atom is -0.394 e. The molecule has 3 rings (SSSR count). The molecule has 0 radical (unpaired) electrons. The van der Waals surface area contributed by atoms with Crippen LogP contribution in [-0.2, 0) is 4.74 Å². The van der Waals surface area contributed by atoms with Crippen LogP contribution in [0.2, 0.25) is 0 Å². The van der Waals surface area contributed by atoms with Gasteiger partial charge in [-0.3, -0.25) is 4.57 Å². The topological polar surface area (TPSA) is 109 Å². The fourth-order valence-electron chi connectivity index (χ4n) is 2.72. The first-order valence-electron chi connectivity index (χ1n) is 8.08. The Balaban J connectivity index is 1.90. The first kappa shape index (κ1) is 16.7. The van der Waals surface area contributed by atoms with Gasteiger partial charge in [-0.05, 0) is 13.8 Å². The van der Waals surface area contributed by atoms with Gasteiger partial charge in [0, 0.05) is 19.5 Å². The monoisotopic (exact) mass is 334 g/mol. The van der Waals surface area contributed by atoms with Gasteiger partial charge in [0.1, 0.15) is 18.7 Å². The van der Waals surface area contributed by atoms with Gasteiger partial charge in [-0.2, -0.15) is 0 Å². The zero-order valence-corrected chi connectivity index (χ0v) is 13.8. The molecule has 2 aromatic heterocycles. The van der Waals surface area contributed by atoms with Crippen LogP contribution in [0, 0.1) is 0 Å². The van der Waals surface area contributed by atoms with Crippen LogP contribution in [0.3, 0.4) is 0 Å². The van der Waals surface area contributed by atoms with Crippen molar-refractivity contribution in [3.63, 3.8) is 0 Å². The van der Waals surface area contributed by atoms with Crippen molar-refractivity contribution in [1.29, 1.82) is 0 Å². The molecular formula is C15H22N6O3. The predicted molar refractivity (Wildman–Crippen MR) is 88.0 cm³/mol. The molecule has 2 aromatic rings. The lowest BCUT2D eigenvalue weighted by molar-refractivity contribution is -0.0432. The summed E-state index contributed by atoms with van der Waals surface area (Å²) in [5, 5.41) is 19.1. The molecule has 3 atom stereocenters. The molecule has 0 spiro atoms. The lowest BCUT2D eigenvalue weighted by Crippen LogP contribution is -2.24. The van der Waals surface area contributed by atoms with E-state index in [2.05, 4.69) is 33.8 Å². The van der Waals surface area contributed by atoms with Gasteiger partial charge >= 0.3 is 0 Å². The average Bonchev–Trinajstić information content (AvgIpc) is 3.19. The number of aromatic nitrogens is 4. The van der Waals surface area contributed by atoms with Gasteiger partial charge in [0.25, 0.3) is 0 Å². The van der Waals surface area contributed by atoms with E-state index in [1.807, 2.05) is 4.90 Å². The van der Waals surface area contributed by atoms with E-state index in [0.29, 0.717) is 23.4 Å². The first-order chi connectivity index (χ1) is 11.7. The van der Waals surface area contributed by atoms with Gasteiger partial charge in [-0.25, -0.2) is 19.9 Å². The van der Waals surface area contributed by atoms with E-state index in [9.17, 15) is 10.2 Å². The smallest absolute Gasteiger partial charge is 0.184 e. The van der Waals surface area contributed by atoms with E-state index in [1.165, 1.54) is 6.33 Å². The Morgan fingerprint density at radius 3 is 2.83 bits per heavy atom. The van der Waals surface area contributed by atoms with E-state index < -0.39 is 18.4 Å². The number of rotatable bonds is 6. The van der Waals surface area contributed by atoms with Crippen molar-refractivity contribution in [2.45, 2.75) is 38.7 Å². The molecule has 0 aromatic carbocycles. The fourth-order valence-corrected chi connectivity index (χ4v) is 2.72. The Morgan fingerprint density at radius 2 is 2.17 bits per heavy atom. The standard InChI is InChI=1S/C15H22N6O3/c1-3-20(4-2)8-19-14-13-15(17-7-16-14)21(9-18-13)12-5-10(23)11(6-22)24-12/h7-12,22-23H,3-6H2,1-2H3/b19-8+/t10-,11+,12+/m0/s1. The molecule has 0 unspecified atom stereocenters. The second kappa shape index (κ2) is 7.20. The van der Waals surface area contributed by atoms with Crippen molar-refractivity contribution in [3.8, 4) is 0 Å². The van der Waals surface area contributed by atoms with Crippen LogP contribution in [0.1, 0.15) is 26.5 Å². The molecule has 9 heteroatoms. The van der Waals surface area contributed by atoms with Gasteiger partial charge in [-0.1, -0.05) is 0 Å². The summed E-state index contributed by atoms with van der Waals surface area (Å²) >= 11 is 0. The molecule has 0 bridgehead atoms. The molecule has 3 heterocycles. The molecular weight excluding hydrogens is 312 g/mol. The first-order valence-corrected chi connectivity index (χ1v) is 8.08. The maximum atomic E-state index is 9.90. The molecule has 24 heavy (non-hydrogen) atoms. The zero-order valence-electron chi connectivity index (χ0n) is 13.8. The van der Waals surface area contributed by atoms with Crippen molar-refractivity contribution >= 4 is 23.3 Å². The number of aliphatic imine (C=N–C) groups is 1. The number of nitrogens with zero attached hydrogens (tertiary/aromatic N) is 6. The lowest BCUT2D eigenvalue weighted by Gasteiger charge is -2.14. The van der Waals surface area contributed by atoms with Crippen molar-refractivity contribution in [1.82, 2.24) is 24.4 Å². The number of ether oxygens (including phenoxy) is 1. The highest BCUT2D eigenvalue weighted by molar-refractivity contribution is 5.82. The molecule has 0 saturated carbocycles. The van der Waals surface area contributed by atoms with Crippen LogP contribution >= 0.6 is 0 Å². The summed E-state index contributed by atoms with van der Waals surface area (Å²) in [5.41, 5.74) is 1.17. The number of aliphatic hydroxyl groups is 2. The third-order valence-corrected chi connectivity index (χ3v) is 4.19. The van der Waals surface area contributed by atoms with Gasteiger partial charge < -0.3 is 19.8 Å². The number of aliphatic hydroxyl groups excluding tert-OH is 2. The van der Waals surface area contributed by atoms with Gasteiger partial charge in [0.05, 0.1) is 25.4 Å². The van der Waals surface area contributed by atoms with Gasteiger partial charge in [-0.15, -0.1) is 0 Å². The minimum absolute atomic E-state index is 0.224. The minimum atomic E-state index is -0.709. The summed E-state index contributed by atoms with van der Waals surface area (Å²) in [6.45, 7) is 5.61. The predicted octanol–water partition coefficient (Wildman–Crippen LogP) is 0.469. The van der Waals surface area contributed by atoms with Crippen LogP contribution in [0.25, 0.3) is 11.2 Å². The van der Waals surface area contributed by atoms with Crippen molar-refractivity contribution in [2.24, 2.45) is 4.99 Å². The van der Waals surface area contributed by atoms with E-state index in [4.69, 9.17) is 4.74 Å². The molecule has 2 N–H and O–H groups in total. The maximum Gasteiger partial charge on any atom is 0.184 e. The summed E-state index contributed by atoms with van der Waals surface area (Å²) in [6.07, 6.45) is 3.44. The van der Waals surface area contributed by atoms with Gasteiger partial charge in [0.2, 0.25) is 0 Å². The fraction of sp³-hybridized carbons (Fsp3) is 0.600. The van der Waals surface area contributed by atoms with Crippen LogP contribution in [-0.4, -0.2) is 72.9 Å². The third-order valence-electron chi connectivity index (χ3n) is 4.19. The number of imidazole rings is 1. The van der Waals surface area contributed by atoms with Crippen molar-refractivity contribution in [2.75, 3.05) is 19.7 Å². The summed E-state index contributed by atoms with van der Waals surface area (Å²) in [6, 6.07) is 0. The Kier molecular flexibility index (Phi) is 5.03. The second-order valence-corrected chi connectivity index (χ2v) is 5.60. The van der Waals surface area contributed by atoms with Crippen LogP contribution in [0.4, 0.5) is 5.82 Å². The van der Waals surface area contributed by atoms with E-state index in [-0.39, 0.29) is 6.61 Å². The number of hydrogen-bond acceptors (Lipinski definition) is 7. The number of hydrogen-bond donors (Lipinski definition) is 2. The highest BCUT2D eigenvalue weighted by Gasteiger charge is 2.35. The maximum absolute atomic E-state index is 9.90. The highest BCUT2D eigenvalue weighted by atomic mass is 16.5. The average molecular weight is 334 g/mol. The Hall–Kier alpha value is -2.10. The summed E-state index contributed by atoms with van der Waals surface area (Å²) in [4.78, 5) is 19.3.